The maximum Gasteiger partial charge on any atom is 0.223 e. The third kappa shape index (κ3) is 4.13. The normalized spacial score (nSPS) is 22.5. The smallest absolute Gasteiger partial charge is 0.223 e. The van der Waals surface area contributed by atoms with E-state index < -0.39 is 0 Å². The second-order valence-electron chi connectivity index (χ2n) is 5.84. The molecule has 0 unspecified atom stereocenters. The lowest BCUT2D eigenvalue weighted by molar-refractivity contribution is -0.120. The Bertz CT molecular complexity index is 302. The maximum atomic E-state index is 11.7. The van der Waals surface area contributed by atoms with Crippen molar-refractivity contribution >= 4 is 5.91 Å². The zero-order valence-corrected chi connectivity index (χ0v) is 11.6. The van der Waals surface area contributed by atoms with Crippen molar-refractivity contribution < 1.29 is 4.79 Å². The summed E-state index contributed by atoms with van der Waals surface area (Å²) in [6.07, 6.45) is 10.8. The molecule has 0 aromatic rings. The van der Waals surface area contributed by atoms with Crippen molar-refractivity contribution in [3.63, 3.8) is 0 Å². The van der Waals surface area contributed by atoms with E-state index in [2.05, 4.69) is 23.2 Å². The highest BCUT2D eigenvalue weighted by molar-refractivity contribution is 5.77. The van der Waals surface area contributed by atoms with Crippen molar-refractivity contribution in [2.45, 2.75) is 45.4 Å². The quantitative estimate of drug-likeness (QED) is 0.703. The van der Waals surface area contributed by atoms with Crippen molar-refractivity contribution in [3.8, 4) is 0 Å². The van der Waals surface area contributed by atoms with Crippen LogP contribution in [0.5, 0.6) is 0 Å². The molecule has 1 amide bonds. The van der Waals surface area contributed by atoms with Gasteiger partial charge in [0, 0.05) is 24.9 Å². The van der Waals surface area contributed by atoms with E-state index in [1.54, 1.807) is 0 Å². The topological polar surface area (TPSA) is 32.3 Å². The fourth-order valence-corrected chi connectivity index (χ4v) is 2.70. The summed E-state index contributed by atoms with van der Waals surface area (Å²) in [5.41, 5.74) is 0.411. The molecule has 1 aliphatic heterocycles. The Labute approximate surface area is 111 Å². The molecule has 1 heterocycles. The van der Waals surface area contributed by atoms with Gasteiger partial charge in [-0.25, -0.2) is 0 Å². The molecule has 2 aliphatic rings. The largest absolute Gasteiger partial charge is 0.355 e. The molecule has 0 atom stereocenters. The van der Waals surface area contributed by atoms with E-state index in [1.807, 2.05) is 6.08 Å². The molecule has 0 aromatic heterocycles. The number of hydrogen-bond acceptors (Lipinski definition) is 2. The fourth-order valence-electron chi connectivity index (χ4n) is 2.70. The molecule has 18 heavy (non-hydrogen) atoms. The van der Waals surface area contributed by atoms with Gasteiger partial charge in [-0.2, -0.15) is 0 Å². The Morgan fingerprint density at radius 2 is 2.00 bits per heavy atom. The summed E-state index contributed by atoms with van der Waals surface area (Å²) in [4.78, 5) is 14.2. The van der Waals surface area contributed by atoms with Gasteiger partial charge in [-0.05, 0) is 45.2 Å². The number of carbonyl (C=O) groups excluding carboxylic acids is 1. The Balaban J connectivity index is 1.65. The fraction of sp³-hybridized carbons (Fsp3) is 0.800. The van der Waals surface area contributed by atoms with E-state index >= 15 is 0 Å². The molecule has 2 fully saturated rings. The average Bonchev–Trinajstić information content (AvgIpc) is 2.92. The van der Waals surface area contributed by atoms with E-state index in [9.17, 15) is 4.79 Å². The molecule has 1 saturated heterocycles. The molecule has 1 N–H and O–H groups in total. The monoisotopic (exact) mass is 250 g/mol. The molecular weight excluding hydrogens is 224 g/mol. The Morgan fingerprint density at radius 1 is 1.28 bits per heavy atom. The summed E-state index contributed by atoms with van der Waals surface area (Å²) in [5.74, 6) is 0.174. The standard InChI is InChI=1S/C15H26N2O/c1-2-3-4-7-14(18)16-12-15(8-9-15)13-17-10-5-6-11-17/h3-4H,2,5-13H2,1H3,(H,16,18)/b4-3+. The van der Waals surface area contributed by atoms with Crippen LogP contribution >= 0.6 is 0 Å². The molecule has 102 valence electrons. The minimum atomic E-state index is 0.174. The first kappa shape index (κ1) is 13.6. The lowest BCUT2D eigenvalue weighted by atomic mass is 10.1. The Hall–Kier alpha value is -0.830. The first-order valence-electron chi connectivity index (χ1n) is 7.38. The molecule has 0 aromatic carbocycles. The first-order valence-corrected chi connectivity index (χ1v) is 7.38. The predicted molar refractivity (Wildman–Crippen MR) is 74.4 cm³/mol. The summed E-state index contributed by atoms with van der Waals surface area (Å²) in [7, 11) is 0. The number of nitrogens with zero attached hydrogens (tertiary/aromatic N) is 1. The summed E-state index contributed by atoms with van der Waals surface area (Å²) >= 11 is 0. The van der Waals surface area contributed by atoms with Crippen LogP contribution in [0.3, 0.4) is 0 Å². The molecule has 2 rings (SSSR count). The van der Waals surface area contributed by atoms with E-state index in [-0.39, 0.29) is 5.91 Å². The Kier molecular flexibility index (Phi) is 4.81. The third-order valence-electron chi connectivity index (χ3n) is 4.08. The zero-order chi connectivity index (χ0) is 12.8. The second-order valence-corrected chi connectivity index (χ2v) is 5.84. The molecule has 3 heteroatoms. The second kappa shape index (κ2) is 6.37. The highest BCUT2D eigenvalue weighted by atomic mass is 16.1. The van der Waals surface area contributed by atoms with Gasteiger partial charge in [0.05, 0.1) is 0 Å². The van der Waals surface area contributed by atoms with Crippen LogP contribution in [0.25, 0.3) is 0 Å². The predicted octanol–water partition coefficient (Wildman–Crippen LogP) is 2.33. The summed E-state index contributed by atoms with van der Waals surface area (Å²) < 4.78 is 0. The Morgan fingerprint density at radius 3 is 2.61 bits per heavy atom. The number of nitrogens with one attached hydrogen (secondary N) is 1. The van der Waals surface area contributed by atoms with Crippen LogP contribution in [0, 0.1) is 5.41 Å². The summed E-state index contributed by atoms with van der Waals surface area (Å²) in [5, 5.41) is 3.10. The molecular formula is C15H26N2O. The third-order valence-corrected chi connectivity index (χ3v) is 4.08. The molecule has 0 bridgehead atoms. The van der Waals surface area contributed by atoms with Gasteiger partial charge >= 0.3 is 0 Å². The van der Waals surface area contributed by atoms with Gasteiger partial charge in [0.25, 0.3) is 0 Å². The molecule has 3 nitrogen and oxygen atoms in total. The number of allylic oxidation sites excluding steroid dienone is 1. The van der Waals surface area contributed by atoms with Gasteiger partial charge in [0.1, 0.15) is 0 Å². The van der Waals surface area contributed by atoms with E-state index in [0.29, 0.717) is 11.8 Å². The van der Waals surface area contributed by atoms with Crippen molar-refractivity contribution in [2.75, 3.05) is 26.2 Å². The SMILES string of the molecule is CC/C=C/CC(=O)NCC1(CN2CCCC2)CC1. The molecule has 1 aliphatic carbocycles. The van der Waals surface area contributed by atoms with E-state index in [4.69, 9.17) is 0 Å². The van der Waals surface area contributed by atoms with Crippen LogP contribution in [0.1, 0.15) is 45.4 Å². The van der Waals surface area contributed by atoms with Gasteiger partial charge in [-0.1, -0.05) is 19.1 Å². The van der Waals surface area contributed by atoms with Gasteiger partial charge in [0.15, 0.2) is 0 Å². The van der Waals surface area contributed by atoms with Crippen LogP contribution in [0.15, 0.2) is 12.2 Å². The minimum absolute atomic E-state index is 0.174. The zero-order valence-electron chi connectivity index (χ0n) is 11.6. The van der Waals surface area contributed by atoms with Gasteiger partial charge in [0.2, 0.25) is 5.91 Å². The highest BCUT2D eigenvalue weighted by Crippen LogP contribution is 2.46. The molecule has 0 spiro atoms. The van der Waals surface area contributed by atoms with Gasteiger partial charge in [-0.3, -0.25) is 4.79 Å². The van der Waals surface area contributed by atoms with Gasteiger partial charge in [-0.15, -0.1) is 0 Å². The van der Waals surface area contributed by atoms with Crippen molar-refractivity contribution in [2.24, 2.45) is 5.41 Å². The molecule has 1 saturated carbocycles. The number of amides is 1. The number of hydrogen-bond donors (Lipinski definition) is 1. The van der Waals surface area contributed by atoms with Crippen molar-refractivity contribution in [1.29, 1.82) is 0 Å². The van der Waals surface area contributed by atoms with Crippen LogP contribution in [-0.4, -0.2) is 37.0 Å². The summed E-state index contributed by atoms with van der Waals surface area (Å²) in [6.45, 7) is 6.67. The van der Waals surface area contributed by atoms with Crippen molar-refractivity contribution in [1.82, 2.24) is 10.2 Å². The number of carbonyl (C=O) groups is 1. The first-order chi connectivity index (χ1) is 8.74. The molecule has 0 radical (unpaired) electrons. The van der Waals surface area contributed by atoms with Crippen LogP contribution in [-0.2, 0) is 4.79 Å². The highest BCUT2D eigenvalue weighted by Gasteiger charge is 2.44. The maximum absolute atomic E-state index is 11.7. The average molecular weight is 250 g/mol. The van der Waals surface area contributed by atoms with Crippen LogP contribution < -0.4 is 5.32 Å². The van der Waals surface area contributed by atoms with Gasteiger partial charge < -0.3 is 10.2 Å². The lowest BCUT2D eigenvalue weighted by Gasteiger charge is -2.23. The number of likely N-dealkylation sites (tertiary alicyclic amines) is 1. The minimum Gasteiger partial charge on any atom is -0.355 e. The van der Waals surface area contributed by atoms with Crippen LogP contribution in [0.2, 0.25) is 0 Å². The van der Waals surface area contributed by atoms with Crippen molar-refractivity contribution in [3.05, 3.63) is 12.2 Å². The number of rotatable bonds is 7. The van der Waals surface area contributed by atoms with E-state index in [1.165, 1.54) is 45.3 Å². The lowest BCUT2D eigenvalue weighted by Crippen LogP contribution is -2.36. The summed E-state index contributed by atoms with van der Waals surface area (Å²) in [6, 6.07) is 0. The van der Waals surface area contributed by atoms with E-state index in [0.717, 1.165) is 13.0 Å². The van der Waals surface area contributed by atoms with Crippen LogP contribution in [0.4, 0.5) is 0 Å².